The fraction of sp³-hybridized carbons (Fsp3) is 0.179. The summed E-state index contributed by atoms with van der Waals surface area (Å²) < 4.78 is 27.1. The van der Waals surface area contributed by atoms with E-state index in [1.165, 1.54) is 29.2 Å². The van der Waals surface area contributed by atoms with Gasteiger partial charge >= 0.3 is 0 Å². The lowest BCUT2D eigenvalue weighted by Gasteiger charge is -2.10. The Balaban J connectivity index is 1.24. The number of hydrogen-bond acceptors (Lipinski definition) is 9. The maximum Gasteiger partial charge on any atom is 0.270 e. The molecule has 0 fully saturated rings. The van der Waals surface area contributed by atoms with Gasteiger partial charge in [0, 0.05) is 29.9 Å². The Morgan fingerprint density at radius 1 is 1.07 bits per heavy atom. The Morgan fingerprint density at radius 3 is 2.70 bits per heavy atom. The van der Waals surface area contributed by atoms with Gasteiger partial charge in [-0.1, -0.05) is 30.0 Å². The van der Waals surface area contributed by atoms with Crippen molar-refractivity contribution < 1.29 is 18.7 Å². The van der Waals surface area contributed by atoms with E-state index in [0.717, 1.165) is 10.6 Å². The normalized spacial score (nSPS) is 10.9. The Bertz CT molecular complexity index is 1610. The van der Waals surface area contributed by atoms with Crippen LogP contribution >= 0.6 is 23.1 Å². The molecule has 0 saturated carbocycles. The Kier molecular flexibility index (Phi) is 8.67. The second kappa shape index (κ2) is 12.7. The average Bonchev–Trinajstić information content (AvgIpc) is 3.64. The smallest absolute Gasteiger partial charge is 0.270 e. The highest BCUT2D eigenvalue weighted by atomic mass is 32.2. The van der Waals surface area contributed by atoms with Crippen molar-refractivity contribution in [2.24, 2.45) is 0 Å². The molecule has 0 aliphatic carbocycles. The van der Waals surface area contributed by atoms with Gasteiger partial charge in [0.25, 0.3) is 5.91 Å². The Hall–Kier alpha value is -4.29. The number of nitrogens with one attached hydrogen (secondary N) is 1. The molecular weight excluding hydrogens is 551 g/mol. The first-order chi connectivity index (χ1) is 19.6. The third-order valence-electron chi connectivity index (χ3n) is 5.90. The van der Waals surface area contributed by atoms with Crippen LogP contribution in [0.2, 0.25) is 0 Å². The van der Waals surface area contributed by atoms with Crippen LogP contribution in [0, 0.1) is 5.82 Å². The van der Waals surface area contributed by atoms with Gasteiger partial charge in [-0.3, -0.25) is 14.3 Å². The molecule has 1 N–H and O–H groups in total. The first-order valence-corrected chi connectivity index (χ1v) is 14.1. The summed E-state index contributed by atoms with van der Waals surface area (Å²) in [6.45, 7) is 0.443. The van der Waals surface area contributed by atoms with Crippen molar-refractivity contribution >= 4 is 29.0 Å². The summed E-state index contributed by atoms with van der Waals surface area (Å²) in [6, 6.07) is 15.8. The summed E-state index contributed by atoms with van der Waals surface area (Å²) in [4.78, 5) is 21.3. The van der Waals surface area contributed by atoms with Crippen molar-refractivity contribution in [3.8, 4) is 28.6 Å². The molecule has 204 valence electrons. The molecule has 5 aromatic rings. The molecule has 0 aliphatic rings. The maximum absolute atomic E-state index is 14.8. The minimum Gasteiger partial charge on any atom is -0.493 e. The fourth-order valence-corrected chi connectivity index (χ4v) is 5.69. The highest BCUT2D eigenvalue weighted by Crippen LogP contribution is 2.31. The van der Waals surface area contributed by atoms with Crippen LogP contribution in [0.15, 0.2) is 77.5 Å². The van der Waals surface area contributed by atoms with E-state index in [9.17, 15) is 9.18 Å². The number of carbonyl (C=O) groups excluding carboxylic acids is 1. The average molecular weight is 577 g/mol. The number of thiazole rings is 1. The zero-order valence-corrected chi connectivity index (χ0v) is 23.3. The van der Waals surface area contributed by atoms with E-state index in [1.54, 1.807) is 60.8 Å². The van der Waals surface area contributed by atoms with Crippen LogP contribution in [-0.4, -0.2) is 51.4 Å². The summed E-state index contributed by atoms with van der Waals surface area (Å²) in [5.74, 6) is 1.57. The van der Waals surface area contributed by atoms with Crippen LogP contribution in [0.1, 0.15) is 21.1 Å². The number of benzene rings is 2. The molecule has 0 radical (unpaired) electrons. The van der Waals surface area contributed by atoms with Crippen LogP contribution in [0.5, 0.6) is 11.5 Å². The second-order valence-electron chi connectivity index (χ2n) is 8.45. The molecule has 40 heavy (non-hydrogen) atoms. The molecule has 5 rings (SSSR count). The molecule has 2 aromatic carbocycles. The van der Waals surface area contributed by atoms with E-state index in [1.807, 2.05) is 24.3 Å². The molecule has 3 aromatic heterocycles. The van der Waals surface area contributed by atoms with E-state index < -0.39 is 5.82 Å². The zero-order chi connectivity index (χ0) is 27.9. The van der Waals surface area contributed by atoms with Crippen molar-refractivity contribution in [1.29, 1.82) is 0 Å². The van der Waals surface area contributed by atoms with Crippen molar-refractivity contribution in [2.75, 3.05) is 20.8 Å². The quantitative estimate of drug-likeness (QED) is 0.214. The van der Waals surface area contributed by atoms with Gasteiger partial charge in [0.2, 0.25) is 0 Å². The van der Waals surface area contributed by atoms with Gasteiger partial charge in [0.05, 0.1) is 25.7 Å². The van der Waals surface area contributed by atoms with Gasteiger partial charge in [0.15, 0.2) is 22.5 Å². The molecule has 1 amide bonds. The molecule has 3 heterocycles. The molecule has 0 unspecified atom stereocenters. The van der Waals surface area contributed by atoms with E-state index in [-0.39, 0.29) is 5.91 Å². The number of methoxy groups -OCH3 is 2. The topological polar surface area (TPSA) is 104 Å². The molecule has 0 aliphatic heterocycles. The standard InChI is InChI=1S/C28H25FN6O3S2/c1-37-23-10-9-18(14-24(23)38-2)11-13-31-27(36)21-16-39-25(32-21)17-40-28-34-33-26(19-6-5-12-30-15-19)35(28)22-8-4-3-7-20(22)29/h3-10,12,14-16H,11,13,17H2,1-2H3,(H,31,36). The van der Waals surface area contributed by atoms with E-state index >= 15 is 0 Å². The van der Waals surface area contributed by atoms with Crippen molar-refractivity contribution in [3.63, 3.8) is 0 Å². The largest absolute Gasteiger partial charge is 0.493 e. The van der Waals surface area contributed by atoms with Crippen LogP contribution in [0.3, 0.4) is 0 Å². The molecule has 0 bridgehead atoms. The lowest BCUT2D eigenvalue weighted by Crippen LogP contribution is -2.26. The van der Waals surface area contributed by atoms with E-state index in [0.29, 0.717) is 58.1 Å². The molecule has 0 saturated heterocycles. The highest BCUT2D eigenvalue weighted by molar-refractivity contribution is 7.98. The monoisotopic (exact) mass is 576 g/mol. The zero-order valence-electron chi connectivity index (χ0n) is 21.7. The molecular formula is C28H25FN6O3S2. The van der Waals surface area contributed by atoms with Crippen molar-refractivity contribution in [3.05, 3.63) is 94.5 Å². The highest BCUT2D eigenvalue weighted by Gasteiger charge is 2.20. The van der Waals surface area contributed by atoms with Gasteiger partial charge in [-0.25, -0.2) is 9.37 Å². The van der Waals surface area contributed by atoms with Gasteiger partial charge in [-0.15, -0.1) is 21.5 Å². The molecule has 0 spiro atoms. The lowest BCUT2D eigenvalue weighted by molar-refractivity contribution is 0.0949. The van der Waals surface area contributed by atoms with Crippen LogP contribution in [0.25, 0.3) is 17.1 Å². The first kappa shape index (κ1) is 27.3. The lowest BCUT2D eigenvalue weighted by atomic mass is 10.1. The Morgan fingerprint density at radius 2 is 1.93 bits per heavy atom. The van der Waals surface area contributed by atoms with Crippen LogP contribution < -0.4 is 14.8 Å². The first-order valence-electron chi connectivity index (χ1n) is 12.2. The van der Waals surface area contributed by atoms with Gasteiger partial charge in [-0.2, -0.15) is 0 Å². The number of carbonyl (C=O) groups is 1. The third-order valence-corrected chi connectivity index (χ3v) is 7.87. The number of hydrogen-bond donors (Lipinski definition) is 1. The molecule has 9 nitrogen and oxygen atoms in total. The van der Waals surface area contributed by atoms with Gasteiger partial charge in [0.1, 0.15) is 16.5 Å². The number of rotatable bonds is 11. The molecule has 0 atom stereocenters. The minimum atomic E-state index is -0.393. The third kappa shape index (κ3) is 6.13. The number of amides is 1. The summed E-state index contributed by atoms with van der Waals surface area (Å²) >= 11 is 2.74. The number of thioether (sulfide) groups is 1. The predicted molar refractivity (Wildman–Crippen MR) is 152 cm³/mol. The van der Waals surface area contributed by atoms with Gasteiger partial charge < -0.3 is 14.8 Å². The Labute approximate surface area is 238 Å². The maximum atomic E-state index is 14.8. The minimum absolute atomic E-state index is 0.249. The number of pyridine rings is 1. The fourth-order valence-electron chi connectivity index (χ4n) is 3.95. The SMILES string of the molecule is COc1ccc(CCNC(=O)c2csc(CSc3nnc(-c4cccnc4)n3-c3ccccc3F)n2)cc1OC. The van der Waals surface area contributed by atoms with Crippen molar-refractivity contribution in [2.45, 2.75) is 17.3 Å². The van der Waals surface area contributed by atoms with Crippen LogP contribution in [0.4, 0.5) is 4.39 Å². The molecule has 12 heteroatoms. The van der Waals surface area contributed by atoms with Crippen molar-refractivity contribution in [1.82, 2.24) is 30.0 Å². The number of nitrogens with zero attached hydrogens (tertiary/aromatic N) is 5. The number of ether oxygens (including phenoxy) is 2. The summed E-state index contributed by atoms with van der Waals surface area (Å²) in [5.41, 5.74) is 2.41. The number of aromatic nitrogens is 5. The second-order valence-corrected chi connectivity index (χ2v) is 10.3. The summed E-state index contributed by atoms with van der Waals surface area (Å²) in [6.07, 6.45) is 3.95. The van der Waals surface area contributed by atoms with Crippen LogP contribution in [-0.2, 0) is 12.2 Å². The summed E-state index contributed by atoms with van der Waals surface area (Å²) in [7, 11) is 3.18. The number of para-hydroxylation sites is 1. The number of halogens is 1. The van der Waals surface area contributed by atoms with E-state index in [4.69, 9.17) is 9.47 Å². The predicted octanol–water partition coefficient (Wildman–Crippen LogP) is 5.21. The van der Waals surface area contributed by atoms with E-state index in [2.05, 4.69) is 25.5 Å². The summed E-state index contributed by atoms with van der Waals surface area (Å²) in [5, 5.41) is 14.5. The van der Waals surface area contributed by atoms with Gasteiger partial charge in [-0.05, 0) is 48.4 Å².